The molecule has 0 atom stereocenters. The summed E-state index contributed by atoms with van der Waals surface area (Å²) in [5.74, 6) is 0.373. The Balaban J connectivity index is 2.15. The molecule has 6 heteroatoms. The first-order valence-electron chi connectivity index (χ1n) is 5.49. The van der Waals surface area contributed by atoms with Gasteiger partial charge in [0.05, 0.1) is 11.0 Å². The molecule has 5 nitrogen and oxygen atoms in total. The topological polar surface area (TPSA) is 67.0 Å². The number of nitrogens with one attached hydrogen (secondary N) is 2. The number of fused-ring (bicyclic) bond motifs is 1. The molecule has 1 heterocycles. The number of hydrogen-bond donors (Lipinski definition) is 2. The summed E-state index contributed by atoms with van der Waals surface area (Å²) in [5.41, 5.74) is 1.10. The van der Waals surface area contributed by atoms with Gasteiger partial charge in [0.25, 0.3) is 0 Å². The maximum atomic E-state index is 11.6. The van der Waals surface area contributed by atoms with Crippen LogP contribution in [-0.4, -0.2) is 21.7 Å². The van der Waals surface area contributed by atoms with Crippen LogP contribution in [-0.2, 0) is 4.74 Å². The summed E-state index contributed by atoms with van der Waals surface area (Å²) in [6, 6.07) is 5.64. The highest BCUT2D eigenvalue weighted by Crippen LogP contribution is 2.19. The number of benzene rings is 1. The molecule has 1 aromatic heterocycles. The molecular weight excluding hydrogens is 298 g/mol. The summed E-state index contributed by atoms with van der Waals surface area (Å²) in [4.78, 5) is 18.8. The Morgan fingerprint density at radius 2 is 2.17 bits per heavy atom. The summed E-state index contributed by atoms with van der Waals surface area (Å²) < 4.78 is 6.09. The minimum atomic E-state index is -0.529. The monoisotopic (exact) mass is 311 g/mol. The number of imidazole rings is 1. The van der Waals surface area contributed by atoms with Gasteiger partial charge in [0, 0.05) is 4.47 Å². The second-order valence-electron chi connectivity index (χ2n) is 4.87. The first-order valence-corrected chi connectivity index (χ1v) is 6.28. The highest BCUT2D eigenvalue weighted by Gasteiger charge is 2.17. The van der Waals surface area contributed by atoms with Gasteiger partial charge >= 0.3 is 6.09 Å². The molecule has 0 aliphatic rings. The summed E-state index contributed by atoms with van der Waals surface area (Å²) in [5, 5.41) is 2.56. The van der Waals surface area contributed by atoms with E-state index in [1.54, 1.807) is 0 Å². The third kappa shape index (κ3) is 3.22. The molecule has 0 aliphatic heterocycles. The highest BCUT2D eigenvalue weighted by molar-refractivity contribution is 9.10. The Kier molecular flexibility index (Phi) is 3.30. The predicted molar refractivity (Wildman–Crippen MR) is 73.7 cm³/mol. The van der Waals surface area contributed by atoms with Crippen molar-refractivity contribution in [1.29, 1.82) is 0 Å². The van der Waals surface area contributed by atoms with E-state index in [9.17, 15) is 4.79 Å². The largest absolute Gasteiger partial charge is 0.444 e. The van der Waals surface area contributed by atoms with Crippen LogP contribution in [0.2, 0.25) is 0 Å². The van der Waals surface area contributed by atoms with Crippen molar-refractivity contribution in [2.45, 2.75) is 26.4 Å². The second kappa shape index (κ2) is 4.61. The maximum Gasteiger partial charge on any atom is 0.414 e. The van der Waals surface area contributed by atoms with Gasteiger partial charge in [-0.05, 0) is 39.0 Å². The number of carbonyl (C=O) groups is 1. The fourth-order valence-corrected chi connectivity index (χ4v) is 1.80. The summed E-state index contributed by atoms with van der Waals surface area (Å²) in [6.07, 6.45) is -0.527. The molecule has 18 heavy (non-hydrogen) atoms. The lowest BCUT2D eigenvalue weighted by atomic mass is 10.2. The molecule has 0 unspecified atom stereocenters. The zero-order chi connectivity index (χ0) is 13.3. The van der Waals surface area contributed by atoms with Gasteiger partial charge in [-0.25, -0.2) is 9.78 Å². The van der Waals surface area contributed by atoms with Gasteiger partial charge in [-0.15, -0.1) is 0 Å². The highest BCUT2D eigenvalue weighted by atomic mass is 79.9. The van der Waals surface area contributed by atoms with E-state index in [2.05, 4.69) is 31.2 Å². The minimum Gasteiger partial charge on any atom is -0.444 e. The Hall–Kier alpha value is -1.56. The van der Waals surface area contributed by atoms with Gasteiger partial charge in [0.1, 0.15) is 5.60 Å². The first kappa shape index (κ1) is 12.9. The maximum absolute atomic E-state index is 11.6. The number of aromatic nitrogens is 2. The molecule has 0 aliphatic carbocycles. The number of amides is 1. The van der Waals surface area contributed by atoms with E-state index < -0.39 is 11.7 Å². The molecule has 0 bridgehead atoms. The van der Waals surface area contributed by atoms with Crippen LogP contribution in [0, 0.1) is 0 Å². The van der Waals surface area contributed by atoms with E-state index in [-0.39, 0.29) is 0 Å². The second-order valence-corrected chi connectivity index (χ2v) is 5.79. The molecule has 0 radical (unpaired) electrons. The van der Waals surface area contributed by atoms with E-state index in [1.165, 1.54) is 0 Å². The predicted octanol–water partition coefficient (Wildman–Crippen LogP) is 3.67. The first-order chi connectivity index (χ1) is 8.33. The minimum absolute atomic E-state index is 0.373. The molecule has 1 amide bonds. The molecule has 96 valence electrons. The van der Waals surface area contributed by atoms with Gasteiger partial charge in [-0.3, -0.25) is 5.32 Å². The van der Waals surface area contributed by atoms with E-state index in [0.29, 0.717) is 5.95 Å². The van der Waals surface area contributed by atoms with E-state index >= 15 is 0 Å². The van der Waals surface area contributed by atoms with Crippen LogP contribution in [0.4, 0.5) is 10.7 Å². The van der Waals surface area contributed by atoms with Crippen LogP contribution in [0.3, 0.4) is 0 Å². The number of rotatable bonds is 1. The van der Waals surface area contributed by atoms with E-state index in [4.69, 9.17) is 4.74 Å². The Bertz CT molecular complexity index is 587. The summed E-state index contributed by atoms with van der Waals surface area (Å²) in [6.45, 7) is 5.42. The van der Waals surface area contributed by atoms with Crippen LogP contribution in [0.15, 0.2) is 22.7 Å². The van der Waals surface area contributed by atoms with Gasteiger partial charge in [-0.1, -0.05) is 15.9 Å². The lowest BCUT2D eigenvalue weighted by molar-refractivity contribution is 0.0635. The van der Waals surface area contributed by atoms with Crippen LogP contribution in [0.1, 0.15) is 20.8 Å². The third-order valence-electron chi connectivity index (χ3n) is 2.06. The SMILES string of the molecule is CC(C)(C)OC(=O)Nc1nc2ccc(Br)cc2[nH]1. The van der Waals surface area contributed by atoms with Crippen molar-refractivity contribution in [2.24, 2.45) is 0 Å². The number of nitrogens with zero attached hydrogens (tertiary/aromatic N) is 1. The standard InChI is InChI=1S/C12H14BrN3O2/c1-12(2,3)18-11(17)16-10-14-8-5-4-7(13)6-9(8)15-10/h4-6H,1-3H3,(H2,14,15,16,17). The van der Waals surface area contributed by atoms with Crippen LogP contribution < -0.4 is 5.32 Å². The zero-order valence-corrected chi connectivity index (χ0v) is 12.0. The summed E-state index contributed by atoms with van der Waals surface area (Å²) in [7, 11) is 0. The average Bonchev–Trinajstić information content (AvgIpc) is 2.55. The van der Waals surface area contributed by atoms with Crippen LogP contribution in [0.5, 0.6) is 0 Å². The molecule has 0 spiro atoms. The van der Waals surface area contributed by atoms with E-state index in [0.717, 1.165) is 15.5 Å². The molecule has 1 aromatic carbocycles. The number of carbonyl (C=O) groups excluding carboxylic acids is 1. The smallest absolute Gasteiger partial charge is 0.414 e. The normalized spacial score (nSPS) is 11.6. The molecular formula is C12H14BrN3O2. The molecule has 0 saturated heterocycles. The van der Waals surface area contributed by atoms with Crippen molar-refractivity contribution >= 4 is 39.0 Å². The van der Waals surface area contributed by atoms with E-state index in [1.807, 2.05) is 39.0 Å². The van der Waals surface area contributed by atoms with Gasteiger partial charge in [0.2, 0.25) is 5.95 Å². The number of halogens is 1. The van der Waals surface area contributed by atoms with Crippen molar-refractivity contribution in [3.05, 3.63) is 22.7 Å². The van der Waals surface area contributed by atoms with Crippen molar-refractivity contribution < 1.29 is 9.53 Å². The lowest BCUT2D eigenvalue weighted by Gasteiger charge is -2.18. The molecule has 2 N–H and O–H groups in total. The molecule has 2 rings (SSSR count). The van der Waals surface area contributed by atoms with Crippen molar-refractivity contribution in [3.8, 4) is 0 Å². The Morgan fingerprint density at radius 3 is 2.83 bits per heavy atom. The average molecular weight is 312 g/mol. The molecule has 0 saturated carbocycles. The number of ether oxygens (including phenoxy) is 1. The zero-order valence-electron chi connectivity index (χ0n) is 10.4. The van der Waals surface area contributed by atoms with Crippen LogP contribution >= 0.6 is 15.9 Å². The van der Waals surface area contributed by atoms with Gasteiger partial charge in [-0.2, -0.15) is 0 Å². The Labute approximate surface area is 113 Å². The number of H-pyrrole nitrogens is 1. The van der Waals surface area contributed by atoms with Gasteiger partial charge < -0.3 is 9.72 Å². The third-order valence-corrected chi connectivity index (χ3v) is 2.56. The quantitative estimate of drug-likeness (QED) is 0.844. The van der Waals surface area contributed by atoms with Crippen molar-refractivity contribution in [3.63, 3.8) is 0 Å². The fraction of sp³-hybridized carbons (Fsp3) is 0.333. The Morgan fingerprint density at radius 1 is 1.44 bits per heavy atom. The number of anilines is 1. The number of hydrogen-bond acceptors (Lipinski definition) is 3. The molecule has 2 aromatic rings. The number of aromatic amines is 1. The van der Waals surface area contributed by atoms with Crippen molar-refractivity contribution in [1.82, 2.24) is 9.97 Å². The summed E-state index contributed by atoms with van der Waals surface area (Å²) >= 11 is 3.37. The lowest BCUT2D eigenvalue weighted by Crippen LogP contribution is -2.27. The fourth-order valence-electron chi connectivity index (χ4n) is 1.44. The molecule has 0 fully saturated rings. The van der Waals surface area contributed by atoms with Gasteiger partial charge in [0.15, 0.2) is 0 Å². The van der Waals surface area contributed by atoms with Crippen LogP contribution in [0.25, 0.3) is 11.0 Å². The van der Waals surface area contributed by atoms with Crippen molar-refractivity contribution in [2.75, 3.05) is 5.32 Å².